The number of methoxy groups -OCH3 is 1. The van der Waals surface area contributed by atoms with Crippen LogP contribution in [0.4, 0.5) is 11.4 Å². The van der Waals surface area contributed by atoms with E-state index in [9.17, 15) is 9.59 Å². The summed E-state index contributed by atoms with van der Waals surface area (Å²) in [5, 5.41) is 9.82. The molecule has 0 aliphatic heterocycles. The third kappa shape index (κ3) is 5.62. The predicted octanol–water partition coefficient (Wildman–Crippen LogP) is 2.61. The first-order valence-corrected chi connectivity index (χ1v) is 8.07. The molecule has 2 rings (SSSR count). The topological polar surface area (TPSA) is 91.8 Å². The average Bonchev–Trinajstić information content (AvgIpc) is 2.64. The van der Waals surface area contributed by atoms with Crippen LogP contribution in [-0.4, -0.2) is 31.2 Å². The smallest absolute Gasteiger partial charge is 0.259 e. The molecule has 7 heteroatoms. The number of nitrogens with one attached hydrogen (secondary N) is 3. The zero-order chi connectivity index (χ0) is 18.9. The maximum absolute atomic E-state index is 12.0. The highest BCUT2D eigenvalue weighted by molar-refractivity contribution is 6.01. The van der Waals surface area contributed by atoms with Crippen LogP contribution in [-0.2, 0) is 9.59 Å². The summed E-state index contributed by atoms with van der Waals surface area (Å²) in [6, 6.07) is 14.6. The summed E-state index contributed by atoms with van der Waals surface area (Å²) in [6.07, 6.45) is 0. The number of hydrogen-bond acceptors (Lipinski definition) is 5. The van der Waals surface area contributed by atoms with Gasteiger partial charge in [-0.25, -0.2) is 5.43 Å². The van der Waals surface area contributed by atoms with Gasteiger partial charge in [-0.2, -0.15) is 5.10 Å². The van der Waals surface area contributed by atoms with Crippen molar-refractivity contribution in [1.29, 1.82) is 0 Å². The second-order valence-corrected chi connectivity index (χ2v) is 5.55. The lowest BCUT2D eigenvalue weighted by molar-refractivity contribution is -0.119. The molecule has 0 atom stereocenters. The number of carbonyl (C=O) groups excluding carboxylic acids is 2. The molecule has 0 aliphatic carbocycles. The molecular formula is C19H22N4O3. The zero-order valence-electron chi connectivity index (χ0n) is 15.0. The highest BCUT2D eigenvalue weighted by atomic mass is 16.5. The van der Waals surface area contributed by atoms with E-state index in [1.165, 1.54) is 6.92 Å². The van der Waals surface area contributed by atoms with Crippen molar-refractivity contribution in [3.8, 4) is 5.75 Å². The van der Waals surface area contributed by atoms with Crippen molar-refractivity contribution < 1.29 is 14.3 Å². The molecule has 0 bridgehead atoms. The number of hydrogen-bond donors (Lipinski definition) is 3. The third-order valence-electron chi connectivity index (χ3n) is 3.50. The Bertz CT molecular complexity index is 818. The van der Waals surface area contributed by atoms with Crippen LogP contribution >= 0.6 is 0 Å². The molecule has 0 aliphatic rings. The minimum absolute atomic E-state index is 0.0586. The van der Waals surface area contributed by atoms with Crippen LogP contribution in [0.1, 0.15) is 19.4 Å². The van der Waals surface area contributed by atoms with Gasteiger partial charge in [0.2, 0.25) is 5.91 Å². The maximum Gasteiger partial charge on any atom is 0.259 e. The fraction of sp³-hybridized carbons (Fsp3) is 0.211. The summed E-state index contributed by atoms with van der Waals surface area (Å²) >= 11 is 0. The summed E-state index contributed by atoms with van der Waals surface area (Å²) in [4.78, 5) is 23.1. The van der Waals surface area contributed by atoms with Gasteiger partial charge in [0.15, 0.2) is 0 Å². The van der Waals surface area contributed by atoms with Crippen molar-refractivity contribution in [2.24, 2.45) is 5.10 Å². The van der Waals surface area contributed by atoms with E-state index in [4.69, 9.17) is 4.74 Å². The molecule has 26 heavy (non-hydrogen) atoms. The van der Waals surface area contributed by atoms with Gasteiger partial charge in [0.25, 0.3) is 5.91 Å². The van der Waals surface area contributed by atoms with E-state index in [0.717, 1.165) is 11.3 Å². The molecule has 0 heterocycles. The van der Waals surface area contributed by atoms with Gasteiger partial charge in [-0.1, -0.05) is 24.3 Å². The molecule has 0 unspecified atom stereocenters. The van der Waals surface area contributed by atoms with Crippen molar-refractivity contribution in [3.63, 3.8) is 0 Å². The van der Waals surface area contributed by atoms with E-state index in [2.05, 4.69) is 21.2 Å². The zero-order valence-corrected chi connectivity index (χ0v) is 15.0. The Labute approximate surface area is 152 Å². The number of hydrazone groups is 1. The molecule has 2 aromatic rings. The Kier molecular flexibility index (Phi) is 6.73. The van der Waals surface area contributed by atoms with Crippen LogP contribution in [0, 0.1) is 0 Å². The van der Waals surface area contributed by atoms with Gasteiger partial charge in [-0.15, -0.1) is 0 Å². The quantitative estimate of drug-likeness (QED) is 0.526. The van der Waals surface area contributed by atoms with Crippen LogP contribution in [0.5, 0.6) is 5.75 Å². The van der Waals surface area contributed by atoms with E-state index < -0.39 is 0 Å². The monoisotopic (exact) mass is 354 g/mol. The van der Waals surface area contributed by atoms with Gasteiger partial charge in [0.05, 0.1) is 25.1 Å². The van der Waals surface area contributed by atoms with Crippen molar-refractivity contribution in [2.45, 2.75) is 13.8 Å². The van der Waals surface area contributed by atoms with Crippen molar-refractivity contribution in [3.05, 3.63) is 54.1 Å². The van der Waals surface area contributed by atoms with Gasteiger partial charge >= 0.3 is 0 Å². The van der Waals surface area contributed by atoms with Gasteiger partial charge in [0, 0.05) is 12.6 Å². The third-order valence-corrected chi connectivity index (χ3v) is 3.50. The number of carbonyl (C=O) groups is 2. The standard InChI is InChI=1S/C19H22N4O3/c1-13(15-7-6-8-16(11-15)21-14(2)24)22-23-19(25)12-20-17-9-4-5-10-18(17)26-3/h4-11,20H,12H2,1-3H3,(H,21,24)(H,23,25)/b22-13+. The largest absolute Gasteiger partial charge is 0.495 e. The van der Waals surface area contributed by atoms with E-state index in [0.29, 0.717) is 17.1 Å². The Balaban J connectivity index is 1.93. The van der Waals surface area contributed by atoms with Gasteiger partial charge in [-0.05, 0) is 36.8 Å². The van der Waals surface area contributed by atoms with E-state index in [1.807, 2.05) is 36.4 Å². The first-order chi connectivity index (χ1) is 12.5. The predicted molar refractivity (Wildman–Crippen MR) is 103 cm³/mol. The van der Waals surface area contributed by atoms with Crippen LogP contribution in [0.25, 0.3) is 0 Å². The molecule has 0 saturated heterocycles. The van der Waals surface area contributed by atoms with Crippen LogP contribution in [0.3, 0.4) is 0 Å². The molecule has 7 nitrogen and oxygen atoms in total. The lowest BCUT2D eigenvalue weighted by Gasteiger charge is -2.10. The van der Waals surface area contributed by atoms with E-state index in [-0.39, 0.29) is 18.4 Å². The summed E-state index contributed by atoms with van der Waals surface area (Å²) < 4.78 is 5.22. The molecule has 136 valence electrons. The Morgan fingerprint density at radius 3 is 2.58 bits per heavy atom. The molecule has 0 aromatic heterocycles. The Hall–Kier alpha value is -3.35. The van der Waals surface area contributed by atoms with Crippen molar-refractivity contribution >= 4 is 28.9 Å². The van der Waals surface area contributed by atoms with Gasteiger partial charge < -0.3 is 15.4 Å². The van der Waals surface area contributed by atoms with E-state index in [1.54, 1.807) is 26.2 Å². The fourth-order valence-electron chi connectivity index (χ4n) is 2.24. The van der Waals surface area contributed by atoms with Crippen molar-refractivity contribution in [1.82, 2.24) is 5.43 Å². The minimum atomic E-state index is -0.284. The Morgan fingerprint density at radius 2 is 1.85 bits per heavy atom. The lowest BCUT2D eigenvalue weighted by atomic mass is 10.1. The average molecular weight is 354 g/mol. The number of nitrogens with zero attached hydrogens (tertiary/aromatic N) is 1. The molecule has 0 spiro atoms. The van der Waals surface area contributed by atoms with Crippen LogP contribution in [0.15, 0.2) is 53.6 Å². The number of rotatable bonds is 7. The Morgan fingerprint density at radius 1 is 1.08 bits per heavy atom. The maximum atomic E-state index is 12.0. The van der Waals surface area contributed by atoms with Crippen LogP contribution in [0.2, 0.25) is 0 Å². The second kappa shape index (κ2) is 9.22. The molecule has 2 aromatic carbocycles. The van der Waals surface area contributed by atoms with Crippen molar-refractivity contribution in [2.75, 3.05) is 24.3 Å². The number of amides is 2. The summed E-state index contributed by atoms with van der Waals surface area (Å²) in [5.74, 6) is 0.232. The van der Waals surface area contributed by atoms with Gasteiger partial charge in [-0.3, -0.25) is 9.59 Å². The lowest BCUT2D eigenvalue weighted by Crippen LogP contribution is -2.26. The SMILES string of the molecule is COc1ccccc1NCC(=O)N/N=C(\C)c1cccc(NC(C)=O)c1. The summed E-state index contributed by atoms with van der Waals surface area (Å²) in [6.45, 7) is 3.28. The first kappa shape index (κ1) is 19.0. The molecule has 0 saturated carbocycles. The molecule has 2 amide bonds. The minimum Gasteiger partial charge on any atom is -0.495 e. The first-order valence-electron chi connectivity index (χ1n) is 8.07. The highest BCUT2D eigenvalue weighted by Gasteiger charge is 2.05. The molecule has 0 fully saturated rings. The van der Waals surface area contributed by atoms with Crippen LogP contribution < -0.4 is 20.8 Å². The number of benzene rings is 2. The van der Waals surface area contributed by atoms with E-state index >= 15 is 0 Å². The second-order valence-electron chi connectivity index (χ2n) is 5.55. The van der Waals surface area contributed by atoms with Gasteiger partial charge in [0.1, 0.15) is 5.75 Å². The normalized spacial score (nSPS) is 10.8. The molecule has 3 N–H and O–H groups in total. The number of anilines is 2. The molecule has 0 radical (unpaired) electrons. The summed E-state index contributed by atoms with van der Waals surface area (Å²) in [5.41, 5.74) is 5.34. The number of ether oxygens (including phenoxy) is 1. The fourth-order valence-corrected chi connectivity index (χ4v) is 2.24. The highest BCUT2D eigenvalue weighted by Crippen LogP contribution is 2.22. The molecular weight excluding hydrogens is 332 g/mol. The summed E-state index contributed by atoms with van der Waals surface area (Å²) in [7, 11) is 1.57. The number of para-hydroxylation sites is 2.